The molecule has 1 N–H and O–H groups in total. The van der Waals surface area contributed by atoms with Crippen LogP contribution in [-0.4, -0.2) is 28.1 Å². The lowest BCUT2D eigenvalue weighted by atomic mass is 10.2. The molecule has 0 unspecified atom stereocenters. The lowest BCUT2D eigenvalue weighted by Gasteiger charge is -2.09. The summed E-state index contributed by atoms with van der Waals surface area (Å²) in [6.45, 7) is 1.49. The number of hydrogen-bond donors (Lipinski definition) is 1. The summed E-state index contributed by atoms with van der Waals surface area (Å²) in [6, 6.07) is 2.14. The number of nitrogens with zero attached hydrogens (tertiary/aromatic N) is 4. The molecule has 0 bridgehead atoms. The molecule has 1 aromatic heterocycles. The Balaban J connectivity index is 2.52. The van der Waals surface area contributed by atoms with Crippen LogP contribution in [0.2, 0.25) is 5.02 Å². The number of sulfonamides is 1. The summed E-state index contributed by atoms with van der Waals surface area (Å²) in [5, 5.41) is 14.5. The fourth-order valence-electron chi connectivity index (χ4n) is 1.64. The van der Waals surface area contributed by atoms with E-state index in [0.717, 1.165) is 6.07 Å². The number of benzene rings is 1. The maximum absolute atomic E-state index is 12.3. The molecule has 0 saturated heterocycles. The smallest absolute Gasteiger partial charge is 0.258 e. The fourth-order valence-corrected chi connectivity index (χ4v) is 3.21. The van der Waals surface area contributed by atoms with Gasteiger partial charge < -0.3 is 0 Å². The minimum atomic E-state index is -4.05. The molecule has 0 aliphatic heterocycles. The van der Waals surface area contributed by atoms with Gasteiger partial charge in [0.15, 0.2) is 0 Å². The molecule has 0 spiro atoms. The third-order valence-electron chi connectivity index (χ3n) is 2.67. The van der Waals surface area contributed by atoms with Gasteiger partial charge in [-0.05, 0) is 18.6 Å². The Hall–Kier alpha value is -2.20. The summed E-state index contributed by atoms with van der Waals surface area (Å²) in [6.07, 6.45) is 1.18. The molecule has 21 heavy (non-hydrogen) atoms. The van der Waals surface area contributed by atoms with E-state index >= 15 is 0 Å². The molecular weight excluding hydrogens is 322 g/mol. The number of halogens is 1. The van der Waals surface area contributed by atoms with Gasteiger partial charge in [0, 0.05) is 13.1 Å². The van der Waals surface area contributed by atoms with Gasteiger partial charge in [0.2, 0.25) is 5.95 Å². The highest BCUT2D eigenvalue weighted by atomic mass is 35.5. The predicted molar refractivity (Wildman–Crippen MR) is 74.7 cm³/mol. The highest BCUT2D eigenvalue weighted by Crippen LogP contribution is 2.30. The van der Waals surface area contributed by atoms with Crippen LogP contribution in [0.3, 0.4) is 0 Å². The fraction of sp³-hybridized carbons (Fsp3) is 0.200. The molecule has 2 aromatic rings. The minimum absolute atomic E-state index is 0.00740. The van der Waals surface area contributed by atoms with E-state index in [1.54, 1.807) is 0 Å². The predicted octanol–water partition coefficient (Wildman–Crippen LogP) is 1.49. The molecule has 0 saturated carbocycles. The van der Waals surface area contributed by atoms with Gasteiger partial charge in [-0.3, -0.25) is 10.1 Å². The van der Waals surface area contributed by atoms with Crippen LogP contribution in [0.15, 0.2) is 23.4 Å². The largest absolute Gasteiger partial charge is 0.289 e. The van der Waals surface area contributed by atoms with Gasteiger partial charge in [-0.25, -0.2) is 17.8 Å². The van der Waals surface area contributed by atoms with E-state index in [2.05, 4.69) is 14.8 Å². The number of nitro groups is 1. The van der Waals surface area contributed by atoms with Crippen molar-refractivity contribution in [3.63, 3.8) is 0 Å². The van der Waals surface area contributed by atoms with Gasteiger partial charge in [-0.2, -0.15) is 10.1 Å². The summed E-state index contributed by atoms with van der Waals surface area (Å²) in [4.78, 5) is 13.6. The Morgan fingerprint density at radius 2 is 2.10 bits per heavy atom. The van der Waals surface area contributed by atoms with Crippen LogP contribution in [0, 0.1) is 17.0 Å². The van der Waals surface area contributed by atoms with E-state index in [1.165, 1.54) is 31.0 Å². The first-order chi connectivity index (χ1) is 9.72. The summed E-state index contributed by atoms with van der Waals surface area (Å²) in [5.41, 5.74) is -0.208. The van der Waals surface area contributed by atoms with Crippen LogP contribution in [0.1, 0.15) is 5.56 Å². The van der Waals surface area contributed by atoms with Crippen molar-refractivity contribution in [2.24, 2.45) is 7.05 Å². The van der Waals surface area contributed by atoms with Crippen molar-refractivity contribution in [2.45, 2.75) is 11.8 Å². The summed E-state index contributed by atoms with van der Waals surface area (Å²) in [5.74, 6) is -0.00740. The van der Waals surface area contributed by atoms with Gasteiger partial charge in [0.25, 0.3) is 15.7 Å². The zero-order valence-electron chi connectivity index (χ0n) is 10.9. The van der Waals surface area contributed by atoms with Gasteiger partial charge in [-0.1, -0.05) is 11.6 Å². The highest BCUT2D eigenvalue weighted by molar-refractivity contribution is 7.92. The topological polar surface area (TPSA) is 120 Å². The normalized spacial score (nSPS) is 11.4. The molecule has 1 heterocycles. The Bertz CT molecular complexity index is 817. The first-order valence-corrected chi connectivity index (χ1v) is 7.40. The lowest BCUT2D eigenvalue weighted by Crippen LogP contribution is -2.17. The average Bonchev–Trinajstić information content (AvgIpc) is 2.73. The van der Waals surface area contributed by atoms with Crippen molar-refractivity contribution in [3.8, 4) is 0 Å². The molecule has 2 rings (SSSR count). The summed E-state index contributed by atoms with van der Waals surface area (Å²) in [7, 11) is -2.54. The van der Waals surface area contributed by atoms with Gasteiger partial charge in [0.05, 0.1) is 9.82 Å². The van der Waals surface area contributed by atoms with Crippen LogP contribution < -0.4 is 4.72 Å². The molecule has 0 aliphatic rings. The quantitative estimate of drug-likeness (QED) is 0.669. The van der Waals surface area contributed by atoms with Gasteiger partial charge >= 0.3 is 0 Å². The number of rotatable bonds is 4. The average molecular weight is 332 g/mol. The molecule has 0 atom stereocenters. The van der Waals surface area contributed by atoms with Crippen molar-refractivity contribution in [2.75, 3.05) is 4.72 Å². The van der Waals surface area contributed by atoms with E-state index < -0.39 is 20.6 Å². The van der Waals surface area contributed by atoms with Crippen molar-refractivity contribution in [3.05, 3.63) is 39.2 Å². The van der Waals surface area contributed by atoms with Crippen LogP contribution in [0.25, 0.3) is 0 Å². The number of anilines is 1. The molecule has 11 heteroatoms. The standard InChI is InChI=1S/C10H10ClN5O4S/c1-6-3-7(11)8(16(17)18)4-9(6)21(19,20)14-10-12-5-13-15(10)2/h3-5H,1-2H3,(H,12,13,14). The first-order valence-electron chi connectivity index (χ1n) is 5.53. The maximum Gasteiger partial charge on any atom is 0.289 e. The van der Waals surface area contributed by atoms with Crippen molar-refractivity contribution in [1.82, 2.24) is 14.8 Å². The van der Waals surface area contributed by atoms with Crippen LogP contribution in [0.4, 0.5) is 11.6 Å². The van der Waals surface area contributed by atoms with Gasteiger partial charge in [-0.15, -0.1) is 0 Å². The molecule has 0 amide bonds. The van der Waals surface area contributed by atoms with E-state index in [9.17, 15) is 18.5 Å². The highest BCUT2D eigenvalue weighted by Gasteiger charge is 2.24. The van der Waals surface area contributed by atoms with E-state index in [-0.39, 0.29) is 21.4 Å². The number of hydrogen-bond acceptors (Lipinski definition) is 6. The SMILES string of the molecule is Cc1cc(Cl)c([N+](=O)[O-])cc1S(=O)(=O)Nc1ncnn1C. The number of aryl methyl sites for hydroxylation is 2. The Kier molecular flexibility index (Phi) is 3.83. The van der Waals surface area contributed by atoms with Crippen molar-refractivity contribution < 1.29 is 13.3 Å². The van der Waals surface area contributed by atoms with E-state index in [0.29, 0.717) is 0 Å². The third-order valence-corrected chi connectivity index (χ3v) is 4.44. The zero-order chi connectivity index (χ0) is 15.8. The second kappa shape index (κ2) is 5.30. The molecule has 9 nitrogen and oxygen atoms in total. The number of nitro benzene ring substituents is 1. The molecule has 0 aliphatic carbocycles. The lowest BCUT2D eigenvalue weighted by molar-refractivity contribution is -0.384. The monoisotopic (exact) mass is 331 g/mol. The second-order valence-electron chi connectivity index (χ2n) is 4.14. The summed E-state index contributed by atoms with van der Waals surface area (Å²) >= 11 is 5.73. The minimum Gasteiger partial charge on any atom is -0.258 e. The Morgan fingerprint density at radius 1 is 1.43 bits per heavy atom. The number of aromatic nitrogens is 3. The van der Waals surface area contributed by atoms with E-state index in [1.807, 2.05) is 0 Å². The molecule has 0 radical (unpaired) electrons. The van der Waals surface area contributed by atoms with Crippen molar-refractivity contribution in [1.29, 1.82) is 0 Å². The zero-order valence-corrected chi connectivity index (χ0v) is 12.5. The molecule has 1 aromatic carbocycles. The Morgan fingerprint density at radius 3 is 2.62 bits per heavy atom. The van der Waals surface area contributed by atoms with Crippen molar-refractivity contribution >= 4 is 33.3 Å². The first kappa shape index (κ1) is 15.2. The molecule has 112 valence electrons. The van der Waals surface area contributed by atoms with Crippen LogP contribution >= 0.6 is 11.6 Å². The Labute approximate surface area is 124 Å². The maximum atomic E-state index is 12.3. The van der Waals surface area contributed by atoms with Gasteiger partial charge in [0.1, 0.15) is 11.3 Å². The van der Waals surface area contributed by atoms with Crippen LogP contribution in [-0.2, 0) is 17.1 Å². The van der Waals surface area contributed by atoms with E-state index in [4.69, 9.17) is 11.6 Å². The molecular formula is C10H10ClN5O4S. The molecule has 0 fully saturated rings. The number of nitrogens with one attached hydrogen (secondary N) is 1. The van der Waals surface area contributed by atoms with Crippen LogP contribution in [0.5, 0.6) is 0 Å². The third kappa shape index (κ3) is 2.95. The summed E-state index contributed by atoms with van der Waals surface area (Å²) < 4.78 is 28.0. The second-order valence-corrected chi connectivity index (χ2v) is 6.20.